The number of carbonyl (C=O) groups excluding carboxylic acids is 1. The first-order valence-electron chi connectivity index (χ1n) is 6.05. The number of hydrogen-bond donors (Lipinski definition) is 3. The van der Waals surface area contributed by atoms with Gasteiger partial charge >= 0.3 is 0 Å². The average molecular weight is 249 g/mol. The molecule has 0 saturated carbocycles. The molecule has 0 amide bonds. The number of nitrogens with two attached hydrogens (primary N) is 1. The van der Waals surface area contributed by atoms with Crippen molar-refractivity contribution >= 4 is 17.7 Å². The van der Waals surface area contributed by atoms with E-state index in [0.717, 1.165) is 23.4 Å². The smallest absolute Gasteiger partial charge is 0.146 e. The summed E-state index contributed by atoms with van der Waals surface area (Å²) < 4.78 is 5.84. The Morgan fingerprint density at radius 2 is 2.33 bits per heavy atom. The normalized spacial score (nSPS) is 20.3. The Balaban J connectivity index is 2.24. The van der Waals surface area contributed by atoms with Crippen molar-refractivity contribution in [1.29, 1.82) is 0 Å². The summed E-state index contributed by atoms with van der Waals surface area (Å²) in [5.41, 5.74) is 6.69. The van der Waals surface area contributed by atoms with Crippen LogP contribution in [-0.2, 0) is 4.79 Å². The Kier molecular flexibility index (Phi) is 3.43. The standard InChI is InChI=1S/C13H19N3O2/c1-13(2)12(8-17)16-10-7-9(15-6-5-14)3-4-11(10)18-13/h3-4,7-8,12,15-16H,5-6,14H2,1-2H3. The summed E-state index contributed by atoms with van der Waals surface area (Å²) in [5.74, 6) is 0.761. The van der Waals surface area contributed by atoms with Crippen LogP contribution in [0.3, 0.4) is 0 Å². The van der Waals surface area contributed by atoms with Gasteiger partial charge in [0.1, 0.15) is 23.7 Å². The van der Waals surface area contributed by atoms with Gasteiger partial charge < -0.3 is 25.9 Å². The van der Waals surface area contributed by atoms with E-state index in [1.165, 1.54) is 0 Å². The molecule has 98 valence electrons. The van der Waals surface area contributed by atoms with Gasteiger partial charge in [-0.2, -0.15) is 0 Å². The highest BCUT2D eigenvalue weighted by Crippen LogP contribution is 2.37. The summed E-state index contributed by atoms with van der Waals surface area (Å²) in [6.07, 6.45) is 0.878. The maximum Gasteiger partial charge on any atom is 0.146 e. The second-order valence-electron chi connectivity index (χ2n) is 4.89. The van der Waals surface area contributed by atoms with Gasteiger partial charge in [-0.1, -0.05) is 0 Å². The molecular weight excluding hydrogens is 230 g/mol. The molecule has 1 aromatic carbocycles. The number of carbonyl (C=O) groups is 1. The highest BCUT2D eigenvalue weighted by Gasteiger charge is 2.36. The largest absolute Gasteiger partial charge is 0.483 e. The second-order valence-corrected chi connectivity index (χ2v) is 4.89. The highest BCUT2D eigenvalue weighted by molar-refractivity contribution is 5.74. The number of fused-ring (bicyclic) bond motifs is 1. The van der Waals surface area contributed by atoms with Crippen LogP contribution in [0.15, 0.2) is 18.2 Å². The van der Waals surface area contributed by atoms with E-state index in [0.29, 0.717) is 13.1 Å². The molecule has 0 fully saturated rings. The van der Waals surface area contributed by atoms with Gasteiger partial charge in [-0.15, -0.1) is 0 Å². The zero-order valence-corrected chi connectivity index (χ0v) is 10.7. The van der Waals surface area contributed by atoms with E-state index in [9.17, 15) is 4.79 Å². The van der Waals surface area contributed by atoms with Crippen molar-refractivity contribution in [2.24, 2.45) is 5.73 Å². The van der Waals surface area contributed by atoms with E-state index in [1.54, 1.807) is 0 Å². The summed E-state index contributed by atoms with van der Waals surface area (Å²) in [6.45, 7) is 5.07. The number of benzene rings is 1. The van der Waals surface area contributed by atoms with Crippen LogP contribution in [-0.4, -0.2) is 31.0 Å². The fourth-order valence-electron chi connectivity index (χ4n) is 1.94. The van der Waals surface area contributed by atoms with Gasteiger partial charge in [-0.25, -0.2) is 0 Å². The molecule has 1 aliphatic heterocycles. The maximum absolute atomic E-state index is 11.1. The average Bonchev–Trinajstić information content (AvgIpc) is 2.34. The number of ether oxygens (including phenoxy) is 1. The fourth-order valence-corrected chi connectivity index (χ4v) is 1.94. The van der Waals surface area contributed by atoms with Crippen LogP contribution in [0.2, 0.25) is 0 Å². The fraction of sp³-hybridized carbons (Fsp3) is 0.462. The summed E-state index contributed by atoms with van der Waals surface area (Å²) >= 11 is 0. The van der Waals surface area contributed by atoms with Crippen LogP contribution >= 0.6 is 0 Å². The Hall–Kier alpha value is -1.75. The molecule has 0 aliphatic carbocycles. The van der Waals surface area contributed by atoms with Crippen molar-refractivity contribution in [1.82, 2.24) is 0 Å². The molecule has 0 aromatic heterocycles. The lowest BCUT2D eigenvalue weighted by Crippen LogP contribution is -2.50. The zero-order valence-electron chi connectivity index (χ0n) is 10.7. The van der Waals surface area contributed by atoms with Gasteiger partial charge in [0.05, 0.1) is 5.69 Å². The minimum Gasteiger partial charge on any atom is -0.483 e. The molecule has 0 spiro atoms. The van der Waals surface area contributed by atoms with Gasteiger partial charge in [0, 0.05) is 18.8 Å². The Morgan fingerprint density at radius 1 is 1.56 bits per heavy atom. The van der Waals surface area contributed by atoms with Crippen LogP contribution < -0.4 is 21.1 Å². The van der Waals surface area contributed by atoms with E-state index < -0.39 is 5.60 Å². The lowest BCUT2D eigenvalue weighted by atomic mass is 9.97. The summed E-state index contributed by atoms with van der Waals surface area (Å²) in [7, 11) is 0. The molecule has 2 rings (SSSR count). The van der Waals surface area contributed by atoms with Crippen molar-refractivity contribution in [3.63, 3.8) is 0 Å². The predicted molar refractivity (Wildman–Crippen MR) is 72.2 cm³/mol. The first-order chi connectivity index (χ1) is 8.56. The third-order valence-electron chi connectivity index (χ3n) is 3.02. The van der Waals surface area contributed by atoms with E-state index in [2.05, 4.69) is 10.6 Å². The molecule has 0 bridgehead atoms. The third-order valence-corrected chi connectivity index (χ3v) is 3.02. The van der Waals surface area contributed by atoms with Crippen LogP contribution in [0.5, 0.6) is 5.75 Å². The summed E-state index contributed by atoms with van der Waals surface area (Å²) in [4.78, 5) is 11.1. The Labute approximate surface area is 107 Å². The zero-order chi connectivity index (χ0) is 13.2. The molecule has 4 N–H and O–H groups in total. The van der Waals surface area contributed by atoms with Crippen LogP contribution in [0.25, 0.3) is 0 Å². The minimum absolute atomic E-state index is 0.352. The van der Waals surface area contributed by atoms with Crippen LogP contribution in [0.1, 0.15) is 13.8 Å². The Bertz CT molecular complexity index is 446. The molecule has 0 radical (unpaired) electrons. The van der Waals surface area contributed by atoms with Gasteiger partial charge in [-0.3, -0.25) is 0 Å². The number of nitrogens with one attached hydrogen (secondary N) is 2. The highest BCUT2D eigenvalue weighted by atomic mass is 16.5. The van der Waals surface area contributed by atoms with E-state index in [-0.39, 0.29) is 6.04 Å². The van der Waals surface area contributed by atoms with Crippen molar-refractivity contribution in [2.75, 3.05) is 23.7 Å². The van der Waals surface area contributed by atoms with Crippen LogP contribution in [0, 0.1) is 0 Å². The van der Waals surface area contributed by atoms with Crippen molar-refractivity contribution in [3.8, 4) is 5.75 Å². The van der Waals surface area contributed by atoms with Gasteiger partial charge in [0.15, 0.2) is 0 Å². The second kappa shape index (κ2) is 4.86. The predicted octanol–water partition coefficient (Wildman–Crippen LogP) is 1.21. The molecule has 1 atom stereocenters. The number of hydrogen-bond acceptors (Lipinski definition) is 5. The lowest BCUT2D eigenvalue weighted by molar-refractivity contribution is -0.112. The Morgan fingerprint density at radius 3 is 3.00 bits per heavy atom. The molecule has 1 aliphatic rings. The molecule has 5 nitrogen and oxygen atoms in total. The van der Waals surface area contributed by atoms with Gasteiger partial charge in [0.2, 0.25) is 0 Å². The molecule has 1 unspecified atom stereocenters. The van der Waals surface area contributed by atoms with Crippen molar-refractivity contribution < 1.29 is 9.53 Å². The molecule has 5 heteroatoms. The quantitative estimate of drug-likeness (QED) is 0.699. The number of anilines is 2. The van der Waals surface area contributed by atoms with Crippen molar-refractivity contribution in [2.45, 2.75) is 25.5 Å². The van der Waals surface area contributed by atoms with Gasteiger partial charge in [0.25, 0.3) is 0 Å². The van der Waals surface area contributed by atoms with Gasteiger partial charge in [-0.05, 0) is 32.0 Å². The first-order valence-corrected chi connectivity index (χ1v) is 6.05. The number of aldehydes is 1. The van der Waals surface area contributed by atoms with E-state index >= 15 is 0 Å². The number of rotatable bonds is 4. The first kappa shape index (κ1) is 12.7. The SMILES string of the molecule is CC1(C)Oc2ccc(NCCN)cc2NC1C=O. The molecule has 1 heterocycles. The van der Waals surface area contributed by atoms with E-state index in [4.69, 9.17) is 10.5 Å². The lowest BCUT2D eigenvalue weighted by Gasteiger charge is -2.38. The van der Waals surface area contributed by atoms with Crippen molar-refractivity contribution in [3.05, 3.63) is 18.2 Å². The maximum atomic E-state index is 11.1. The molecule has 18 heavy (non-hydrogen) atoms. The van der Waals surface area contributed by atoms with E-state index in [1.807, 2.05) is 32.0 Å². The topological polar surface area (TPSA) is 76.4 Å². The third kappa shape index (κ3) is 2.41. The summed E-state index contributed by atoms with van der Waals surface area (Å²) in [5, 5.41) is 6.38. The van der Waals surface area contributed by atoms with Crippen LogP contribution in [0.4, 0.5) is 11.4 Å². The molecule has 1 aromatic rings. The summed E-state index contributed by atoms with van der Waals surface area (Å²) in [6, 6.07) is 5.41. The molecular formula is C13H19N3O2. The molecule has 0 saturated heterocycles. The monoisotopic (exact) mass is 249 g/mol. The minimum atomic E-state index is -0.541.